The van der Waals surface area contributed by atoms with Crippen LogP contribution in [0.5, 0.6) is 0 Å². The average Bonchev–Trinajstić information content (AvgIpc) is 4.10. The first-order chi connectivity index (χ1) is 33.8. The van der Waals surface area contributed by atoms with E-state index in [9.17, 15) is 28.8 Å². The van der Waals surface area contributed by atoms with Crippen molar-refractivity contribution in [1.29, 1.82) is 0 Å². The molecule has 0 radical (unpaired) electrons. The number of H-pyrrole nitrogens is 2. The highest BCUT2D eigenvalue weighted by molar-refractivity contribution is 7.98. The monoisotopic (exact) mass is 991 g/mol. The molecule has 8 N–H and O–H groups in total. The van der Waals surface area contributed by atoms with Crippen molar-refractivity contribution >= 4 is 75.1 Å². The van der Waals surface area contributed by atoms with E-state index in [2.05, 4.69) is 31.2 Å². The second-order valence-corrected chi connectivity index (χ2v) is 20.7. The number of hydrogen-bond acceptors (Lipinski definition) is 9. The van der Waals surface area contributed by atoms with E-state index in [1.54, 1.807) is 33.2 Å². The summed E-state index contributed by atoms with van der Waals surface area (Å²) in [6.07, 6.45) is 6.30. The van der Waals surface area contributed by atoms with Crippen molar-refractivity contribution in [2.75, 3.05) is 25.6 Å². The maximum atomic E-state index is 15.3. The van der Waals surface area contributed by atoms with E-state index in [0.29, 0.717) is 37.1 Å². The van der Waals surface area contributed by atoms with Crippen LogP contribution in [0.3, 0.4) is 0 Å². The zero-order valence-electron chi connectivity index (χ0n) is 41.7. The number of aromatic amines is 2. The summed E-state index contributed by atoms with van der Waals surface area (Å²) in [5, 5.41) is 13.2. The largest absolute Gasteiger partial charge is 0.444 e. The molecule has 0 unspecified atom stereocenters. The van der Waals surface area contributed by atoms with Crippen LogP contribution in [0.2, 0.25) is 0 Å². The van der Waals surface area contributed by atoms with Crippen molar-refractivity contribution in [1.82, 2.24) is 41.0 Å². The minimum absolute atomic E-state index is 0.0168. The number of carbonyl (C=O) groups is 7. The van der Waals surface area contributed by atoms with Crippen LogP contribution in [0.25, 0.3) is 21.8 Å². The lowest BCUT2D eigenvalue weighted by atomic mass is 9.98. The zero-order valence-corrected chi connectivity index (χ0v) is 42.5. The highest BCUT2D eigenvalue weighted by Crippen LogP contribution is 2.25. The van der Waals surface area contributed by atoms with Crippen LogP contribution < -0.4 is 27.0 Å². The van der Waals surface area contributed by atoms with Gasteiger partial charge in [-0.2, -0.15) is 11.8 Å². The molecule has 0 aliphatic carbocycles. The molecule has 0 spiro atoms. The first-order valence-electron chi connectivity index (χ1n) is 24.2. The van der Waals surface area contributed by atoms with E-state index in [1.165, 1.54) is 28.6 Å². The molecule has 1 saturated heterocycles. The number of carbonyl (C=O) groups excluding carboxylic acids is 7. The molecule has 2 aromatic heterocycles. The molecule has 18 heteroatoms. The molecule has 3 aromatic carbocycles. The fraction of sp³-hybridized carbons (Fsp3) is 0.453. The highest BCUT2D eigenvalue weighted by Gasteiger charge is 2.40. The average molecular weight is 992 g/mol. The molecule has 71 heavy (non-hydrogen) atoms. The molecule has 0 bridgehead atoms. The molecule has 1 fully saturated rings. The van der Waals surface area contributed by atoms with Gasteiger partial charge in [-0.25, -0.2) is 4.79 Å². The van der Waals surface area contributed by atoms with Gasteiger partial charge in [-0.1, -0.05) is 80.6 Å². The van der Waals surface area contributed by atoms with Gasteiger partial charge < -0.3 is 46.6 Å². The summed E-state index contributed by atoms with van der Waals surface area (Å²) in [7, 11) is 1.49. The Kier molecular flexibility index (Phi) is 18.4. The van der Waals surface area contributed by atoms with E-state index in [1.807, 2.05) is 99.0 Å². The molecule has 6 atom stereocenters. The molecule has 3 heterocycles. The van der Waals surface area contributed by atoms with E-state index in [0.717, 1.165) is 32.9 Å². The Morgan fingerprint density at radius 3 is 1.90 bits per heavy atom. The van der Waals surface area contributed by atoms with Crippen LogP contribution in [0, 0.1) is 5.92 Å². The Hall–Kier alpha value is -6.82. The summed E-state index contributed by atoms with van der Waals surface area (Å²) in [4.78, 5) is 108. The normalized spacial score (nSPS) is 15.9. The number of primary amides is 1. The van der Waals surface area contributed by atoms with E-state index >= 15 is 4.79 Å². The number of rotatable bonds is 22. The van der Waals surface area contributed by atoms with Crippen LogP contribution in [-0.2, 0) is 52.8 Å². The Labute approximate surface area is 419 Å². The van der Waals surface area contributed by atoms with Gasteiger partial charge >= 0.3 is 6.09 Å². The Bertz CT molecular complexity index is 2660. The van der Waals surface area contributed by atoms with Crippen LogP contribution >= 0.6 is 11.8 Å². The molecule has 5 aromatic rings. The molecular weight excluding hydrogens is 923 g/mol. The van der Waals surface area contributed by atoms with Gasteiger partial charge in [0.15, 0.2) is 0 Å². The summed E-state index contributed by atoms with van der Waals surface area (Å²) in [5.41, 5.74) is 8.71. The lowest BCUT2D eigenvalue weighted by Gasteiger charge is -2.33. The van der Waals surface area contributed by atoms with Crippen LogP contribution in [0.15, 0.2) is 91.3 Å². The van der Waals surface area contributed by atoms with Crippen molar-refractivity contribution in [3.05, 3.63) is 108 Å². The van der Waals surface area contributed by atoms with Gasteiger partial charge in [0.2, 0.25) is 35.4 Å². The molecule has 17 nitrogen and oxygen atoms in total. The van der Waals surface area contributed by atoms with Crippen LogP contribution in [0.4, 0.5) is 4.79 Å². The second-order valence-electron chi connectivity index (χ2n) is 19.7. The number of para-hydroxylation sites is 2. The highest BCUT2D eigenvalue weighted by atomic mass is 32.2. The lowest BCUT2D eigenvalue weighted by Crippen LogP contribution is -2.61. The number of thioether (sulfide) groups is 1. The molecule has 1 aliphatic rings. The number of nitrogens with zero attached hydrogens (tertiary/aromatic N) is 2. The van der Waals surface area contributed by atoms with Gasteiger partial charge in [0.25, 0.3) is 0 Å². The summed E-state index contributed by atoms with van der Waals surface area (Å²) in [6.45, 7) is 9.35. The van der Waals surface area contributed by atoms with Gasteiger partial charge in [0.05, 0.1) is 0 Å². The number of nitrogens with two attached hydrogens (primary N) is 1. The number of nitrogens with one attached hydrogen (secondary N) is 6. The standard InChI is InChI=1S/C53H69N9O8S/c1-32(2)26-41(47(64)57-40(46(54)63)23-25-71-7)58-50(67)45(29-35-31-56-39-21-14-12-19-37(35)39)61(6)51(68)43(27-33-16-9-8-10-17-33)60-48(65)42(28-34-30-55-38-20-13-11-18-36(34)38)59-49(66)44-22-15-24-62(44)52(69)70-53(3,4)5/h8-14,16-21,30-32,40-45,55-56H,15,22-29H2,1-7H3,(H2,54,63)(H,57,64)(H,58,67)(H,59,66)(H,60,65)/t40-,41-,42+,43-,44-,45+/m0/s1. The quantitative estimate of drug-likeness (QED) is 0.0486. The lowest BCUT2D eigenvalue weighted by molar-refractivity contribution is -0.143. The number of benzene rings is 3. The number of hydrogen-bond donors (Lipinski definition) is 7. The fourth-order valence-electron chi connectivity index (χ4n) is 8.98. The first kappa shape index (κ1) is 53.5. The molecule has 1 aliphatic heterocycles. The van der Waals surface area contributed by atoms with Crippen molar-refractivity contribution in [3.8, 4) is 0 Å². The van der Waals surface area contributed by atoms with Crippen molar-refractivity contribution < 1.29 is 38.3 Å². The molecule has 6 rings (SSSR count). The molecule has 7 amide bonds. The smallest absolute Gasteiger partial charge is 0.410 e. The fourth-order valence-corrected chi connectivity index (χ4v) is 9.45. The van der Waals surface area contributed by atoms with Gasteiger partial charge in [0.1, 0.15) is 41.9 Å². The van der Waals surface area contributed by atoms with E-state index in [-0.39, 0.29) is 31.6 Å². The SMILES string of the molecule is CSCC[C@H](NC(=O)[C@H](CC(C)C)NC(=O)[C@@H](Cc1c[nH]c2ccccc12)N(C)C(=O)[C@H](Cc1ccccc1)NC(=O)[C@@H](Cc1c[nH]c2ccccc12)NC(=O)[C@@H]1CCCN1C(=O)OC(C)(C)C)C(N)=O. The second kappa shape index (κ2) is 24.3. The van der Waals surface area contributed by atoms with Crippen molar-refractivity contribution in [2.24, 2.45) is 11.7 Å². The number of aromatic nitrogens is 2. The Balaban J connectivity index is 1.33. The number of amides is 7. The maximum Gasteiger partial charge on any atom is 0.410 e. The third-order valence-electron chi connectivity index (χ3n) is 12.6. The van der Waals surface area contributed by atoms with Crippen LogP contribution in [-0.4, -0.2) is 129 Å². The van der Waals surface area contributed by atoms with Gasteiger partial charge in [-0.3, -0.25) is 33.7 Å². The molecular formula is C53H69N9O8S. The summed E-state index contributed by atoms with van der Waals surface area (Å²) < 4.78 is 5.64. The topological polar surface area (TPSA) is 241 Å². The number of ether oxygens (including phenoxy) is 1. The number of fused-ring (bicyclic) bond motifs is 2. The van der Waals surface area contributed by atoms with Gasteiger partial charge in [-0.05, 0) is 93.2 Å². The zero-order chi connectivity index (χ0) is 51.4. The predicted molar refractivity (Wildman–Crippen MR) is 276 cm³/mol. The first-order valence-corrected chi connectivity index (χ1v) is 25.6. The molecule has 380 valence electrons. The van der Waals surface area contributed by atoms with Crippen molar-refractivity contribution in [2.45, 2.75) is 121 Å². The molecule has 0 saturated carbocycles. The maximum absolute atomic E-state index is 15.3. The minimum Gasteiger partial charge on any atom is -0.444 e. The Morgan fingerprint density at radius 2 is 1.31 bits per heavy atom. The van der Waals surface area contributed by atoms with Crippen molar-refractivity contribution in [3.63, 3.8) is 0 Å². The van der Waals surface area contributed by atoms with Gasteiger partial charge in [-0.15, -0.1) is 0 Å². The van der Waals surface area contributed by atoms with Gasteiger partial charge in [0, 0.05) is 67.1 Å². The van der Waals surface area contributed by atoms with Crippen LogP contribution in [0.1, 0.15) is 77.0 Å². The number of likely N-dealkylation sites (tertiary alicyclic amines) is 1. The summed E-state index contributed by atoms with van der Waals surface area (Å²) in [5.74, 6) is -3.22. The van der Waals surface area contributed by atoms with E-state index in [4.69, 9.17) is 10.5 Å². The minimum atomic E-state index is -1.26. The third-order valence-corrected chi connectivity index (χ3v) is 13.3. The summed E-state index contributed by atoms with van der Waals surface area (Å²) >= 11 is 1.50. The predicted octanol–water partition coefficient (Wildman–Crippen LogP) is 5.13. The number of likely N-dealkylation sites (N-methyl/N-ethyl adjacent to an activating group) is 1. The Morgan fingerprint density at radius 1 is 0.746 bits per heavy atom. The third kappa shape index (κ3) is 14.4. The summed E-state index contributed by atoms with van der Waals surface area (Å²) in [6, 6.07) is 17.6. The van der Waals surface area contributed by atoms with E-state index < -0.39 is 83.4 Å².